The van der Waals surface area contributed by atoms with Crippen molar-refractivity contribution >= 4 is 75.5 Å². The molecule has 12 nitrogen and oxygen atoms in total. The van der Waals surface area contributed by atoms with Gasteiger partial charge in [0, 0.05) is 40.3 Å². The SMILES string of the molecule is CC(C)(C#Cc1nc([C@H](Cc2cc(F)cc(F)c2)NC(=O)Cn2nc(C(F)(F)F)c3c2C(F)(F)[C@@H]2C[C@H]32)c(-c2ccc(Cl)c3c(NS(C)(=O)=O)nn(CC(F)(F)F)c23)c2ccsc12)S(C)(=O)=O. The lowest BCUT2D eigenvalue weighted by molar-refractivity contribution is -0.142. The Morgan fingerprint density at radius 3 is 2.28 bits per heavy atom. The van der Waals surface area contributed by atoms with Crippen molar-refractivity contribution in [3.8, 4) is 23.0 Å². The molecule has 6 aromatic rings. The van der Waals surface area contributed by atoms with Gasteiger partial charge >= 0.3 is 12.4 Å². The van der Waals surface area contributed by atoms with E-state index in [9.17, 15) is 56.8 Å². The number of rotatable bonds is 11. The molecule has 1 saturated carbocycles. The van der Waals surface area contributed by atoms with Crippen molar-refractivity contribution in [3.05, 3.63) is 92.3 Å². The third-order valence-corrected chi connectivity index (χ3v) is 15.0. The maximum absolute atomic E-state index is 15.6. The lowest BCUT2D eigenvalue weighted by atomic mass is 9.91. The number of carbonyl (C=O) groups excluding carboxylic acids is 1. The van der Waals surface area contributed by atoms with E-state index in [0.29, 0.717) is 17.0 Å². The fourth-order valence-electron chi connectivity index (χ4n) is 8.14. The predicted molar refractivity (Wildman–Crippen MR) is 227 cm³/mol. The Morgan fingerprint density at radius 1 is 1.00 bits per heavy atom. The van der Waals surface area contributed by atoms with E-state index < -0.39 is 126 Å². The lowest BCUT2D eigenvalue weighted by Gasteiger charge is -2.24. The van der Waals surface area contributed by atoms with Gasteiger partial charge in [-0.2, -0.15) is 45.3 Å². The molecule has 2 aliphatic carbocycles. The molecule has 0 aliphatic heterocycles. The molecule has 1 fully saturated rings. The second-order valence-electron chi connectivity index (χ2n) is 16.7. The number of hydrogen-bond donors (Lipinski definition) is 2. The van der Waals surface area contributed by atoms with Gasteiger partial charge in [0.1, 0.15) is 40.9 Å². The highest BCUT2D eigenvalue weighted by Gasteiger charge is 2.68. The Balaban J connectivity index is 1.40. The van der Waals surface area contributed by atoms with Crippen LogP contribution in [-0.2, 0) is 56.3 Å². The molecule has 8 rings (SSSR count). The normalized spacial score (nSPS) is 17.5. The van der Waals surface area contributed by atoms with Crippen LogP contribution >= 0.6 is 22.9 Å². The fourth-order valence-corrected chi connectivity index (χ4v) is 9.96. The monoisotopic (exact) mass is 1020 g/mol. The van der Waals surface area contributed by atoms with E-state index in [1.807, 2.05) is 0 Å². The highest BCUT2D eigenvalue weighted by atomic mass is 35.5. The van der Waals surface area contributed by atoms with E-state index in [2.05, 4.69) is 32.1 Å². The summed E-state index contributed by atoms with van der Waals surface area (Å²) >= 11 is 7.54. The molecule has 2 N–H and O–H groups in total. The van der Waals surface area contributed by atoms with E-state index in [0.717, 1.165) is 29.7 Å². The van der Waals surface area contributed by atoms with Gasteiger partial charge in [-0.25, -0.2) is 30.6 Å². The van der Waals surface area contributed by atoms with Crippen molar-refractivity contribution in [2.75, 3.05) is 17.2 Å². The molecule has 1 amide bonds. The fraction of sp³-hybridized carbons (Fsp3) is 0.366. The summed E-state index contributed by atoms with van der Waals surface area (Å²) < 4.78 is 198. The predicted octanol–water partition coefficient (Wildman–Crippen LogP) is 8.88. The highest BCUT2D eigenvalue weighted by Crippen LogP contribution is 2.68. The van der Waals surface area contributed by atoms with Crippen LogP contribution in [-0.4, -0.2) is 70.7 Å². The highest BCUT2D eigenvalue weighted by molar-refractivity contribution is 7.92. The lowest BCUT2D eigenvalue weighted by Crippen LogP contribution is -2.35. The summed E-state index contributed by atoms with van der Waals surface area (Å²) in [7, 11) is -8.12. The quantitative estimate of drug-likeness (QED) is 0.0963. The summed E-state index contributed by atoms with van der Waals surface area (Å²) in [5, 5.41) is 10.8. The maximum Gasteiger partial charge on any atom is 0.435 e. The molecule has 0 spiro atoms. The van der Waals surface area contributed by atoms with Crippen molar-refractivity contribution in [2.24, 2.45) is 5.92 Å². The summed E-state index contributed by atoms with van der Waals surface area (Å²) in [6.07, 6.45) is -9.47. The van der Waals surface area contributed by atoms with Gasteiger partial charge in [-0.3, -0.25) is 18.9 Å². The number of nitrogens with zero attached hydrogens (tertiary/aromatic N) is 5. The van der Waals surface area contributed by atoms with Crippen molar-refractivity contribution in [2.45, 2.75) is 74.8 Å². The standard InChI is InChI=1S/C41H32ClF10N7O5S3/c1-38(2,66(3,61)62)9-7-26-34-22(8-10-65-34)29(21-5-6-25(42)31-33(21)59(17-39(45,46)47)56-37(31)57-67(4,63)64)32(54-26)27(13-18-11-19(43)14-20(44)12-18)53-28(60)16-58-36-30(35(55-58)41(50,51)52)23-15-24(23)40(36,48)49/h5-6,8,10-12,14,23-24,27H,13,15-17H2,1-4H3,(H,53,60)(H,56,57)/t23-,24+,27-/m0/s1. The summed E-state index contributed by atoms with van der Waals surface area (Å²) in [6, 6.07) is 4.36. The molecule has 0 unspecified atom stereocenters. The minimum absolute atomic E-state index is 0.112. The van der Waals surface area contributed by atoms with E-state index in [4.69, 9.17) is 16.6 Å². The number of carbonyl (C=O) groups is 1. The van der Waals surface area contributed by atoms with Crippen LogP contribution in [0.4, 0.5) is 49.7 Å². The van der Waals surface area contributed by atoms with Crippen LogP contribution in [0.2, 0.25) is 5.02 Å². The van der Waals surface area contributed by atoms with Gasteiger partial charge in [0.05, 0.1) is 38.6 Å². The first-order valence-corrected chi connectivity index (χ1v) is 24.6. The Kier molecular flexibility index (Phi) is 11.5. The molecule has 4 heterocycles. The summed E-state index contributed by atoms with van der Waals surface area (Å²) in [4.78, 5) is 18.9. The zero-order valence-electron chi connectivity index (χ0n) is 34.8. The van der Waals surface area contributed by atoms with E-state index in [1.54, 1.807) is 0 Å². The van der Waals surface area contributed by atoms with Crippen LogP contribution in [0, 0.1) is 29.4 Å². The number of alkyl halides is 8. The first-order valence-electron chi connectivity index (χ1n) is 19.5. The first kappa shape index (κ1) is 48.0. The van der Waals surface area contributed by atoms with Crippen LogP contribution < -0.4 is 10.0 Å². The Hall–Kier alpha value is -5.45. The van der Waals surface area contributed by atoms with E-state index in [1.165, 1.54) is 37.4 Å². The van der Waals surface area contributed by atoms with Crippen LogP contribution in [0.25, 0.3) is 32.1 Å². The number of aromatic nitrogens is 5. The average Bonchev–Trinajstić information content (AvgIpc) is 3.38. The Bertz CT molecular complexity index is 3330. The van der Waals surface area contributed by atoms with Crippen molar-refractivity contribution < 1.29 is 65.5 Å². The summed E-state index contributed by atoms with van der Waals surface area (Å²) in [5.74, 6) is -5.22. The second-order valence-corrected chi connectivity index (χ2v) is 22.3. The van der Waals surface area contributed by atoms with Gasteiger partial charge < -0.3 is 5.32 Å². The van der Waals surface area contributed by atoms with Gasteiger partial charge in [-0.05, 0) is 73.7 Å². The maximum atomic E-state index is 15.6. The largest absolute Gasteiger partial charge is 0.435 e. The minimum Gasteiger partial charge on any atom is -0.346 e. The van der Waals surface area contributed by atoms with Crippen LogP contribution in [0.15, 0.2) is 41.8 Å². The number of hydrogen-bond acceptors (Lipinski definition) is 9. The van der Waals surface area contributed by atoms with Gasteiger partial charge in [0.2, 0.25) is 15.9 Å². The Labute approximate surface area is 382 Å². The molecule has 2 aromatic carbocycles. The molecule has 26 heteroatoms. The number of sulfone groups is 1. The van der Waals surface area contributed by atoms with Crippen molar-refractivity contribution in [3.63, 3.8) is 0 Å². The number of benzene rings is 2. The van der Waals surface area contributed by atoms with Gasteiger partial charge in [0.15, 0.2) is 21.3 Å². The third kappa shape index (κ3) is 9.16. The van der Waals surface area contributed by atoms with Crippen molar-refractivity contribution in [1.82, 2.24) is 29.9 Å². The number of fused-ring (bicyclic) bond motifs is 5. The van der Waals surface area contributed by atoms with Crippen LogP contribution in [0.3, 0.4) is 0 Å². The molecule has 3 atom stereocenters. The summed E-state index contributed by atoms with van der Waals surface area (Å²) in [5.41, 5.74) is -5.01. The molecule has 0 bridgehead atoms. The van der Waals surface area contributed by atoms with Crippen LogP contribution in [0.5, 0.6) is 0 Å². The van der Waals surface area contributed by atoms with Gasteiger partial charge in [-0.1, -0.05) is 23.6 Å². The number of thiophene rings is 1. The molecular formula is C41H32ClF10N7O5S3. The molecule has 4 aromatic heterocycles. The number of pyridine rings is 1. The minimum atomic E-state index is -5.19. The topological polar surface area (TPSA) is 158 Å². The molecule has 356 valence electrons. The molecule has 0 saturated heterocycles. The zero-order chi connectivity index (χ0) is 49.1. The molecule has 0 radical (unpaired) electrons. The molecule has 2 aliphatic rings. The second kappa shape index (κ2) is 16.1. The van der Waals surface area contributed by atoms with E-state index in [-0.39, 0.29) is 59.7 Å². The summed E-state index contributed by atoms with van der Waals surface area (Å²) in [6.45, 7) is -0.521. The number of anilines is 1. The number of sulfonamides is 1. The van der Waals surface area contributed by atoms with Crippen molar-refractivity contribution in [1.29, 1.82) is 0 Å². The first-order chi connectivity index (χ1) is 30.8. The van der Waals surface area contributed by atoms with Gasteiger partial charge in [0.25, 0.3) is 5.92 Å². The number of halogens is 11. The number of amides is 1. The smallest absolute Gasteiger partial charge is 0.346 e. The molecule has 67 heavy (non-hydrogen) atoms. The Morgan fingerprint density at radius 2 is 1.67 bits per heavy atom. The third-order valence-electron chi connectivity index (χ3n) is 11.3. The average molecular weight is 1020 g/mol. The van der Waals surface area contributed by atoms with Crippen LogP contribution in [0.1, 0.15) is 66.1 Å². The molecular weight excluding hydrogens is 992 g/mol. The zero-order valence-corrected chi connectivity index (χ0v) is 38.0. The number of nitrogens with one attached hydrogen (secondary N) is 2. The van der Waals surface area contributed by atoms with Gasteiger partial charge in [-0.15, -0.1) is 11.3 Å². The van der Waals surface area contributed by atoms with E-state index >= 15 is 8.78 Å².